The van der Waals surface area contributed by atoms with E-state index in [1.807, 2.05) is 24.3 Å². The van der Waals surface area contributed by atoms with Gasteiger partial charge in [-0.3, -0.25) is 4.79 Å². The molecule has 1 saturated carbocycles. The number of ether oxygens (including phenoxy) is 1. The molecule has 2 rings (SSSR count). The highest BCUT2D eigenvalue weighted by Crippen LogP contribution is 2.37. The van der Waals surface area contributed by atoms with Gasteiger partial charge in [0, 0.05) is 10.9 Å². The van der Waals surface area contributed by atoms with Gasteiger partial charge in [0.15, 0.2) is 0 Å². The summed E-state index contributed by atoms with van der Waals surface area (Å²) in [6, 6.07) is 7.20. The lowest BCUT2D eigenvalue weighted by Gasteiger charge is -2.21. The highest BCUT2D eigenvalue weighted by molar-refractivity contribution is 6.30. The smallest absolute Gasteiger partial charge is 0.322 e. The van der Waals surface area contributed by atoms with Crippen LogP contribution in [0.5, 0.6) is 0 Å². The van der Waals surface area contributed by atoms with E-state index in [-0.39, 0.29) is 18.0 Å². The summed E-state index contributed by atoms with van der Waals surface area (Å²) in [6.45, 7) is 1.65. The first-order chi connectivity index (χ1) is 8.58. The zero-order valence-electron chi connectivity index (χ0n) is 10.4. The second kappa shape index (κ2) is 5.72. The second-order valence-electron chi connectivity index (χ2n) is 4.85. The van der Waals surface area contributed by atoms with Crippen LogP contribution in [-0.2, 0) is 9.53 Å². The average Bonchev–Trinajstić information content (AvgIpc) is 2.78. The molecule has 1 aromatic rings. The molecule has 1 aliphatic carbocycles. The fourth-order valence-corrected chi connectivity index (χ4v) is 2.54. The number of nitrogens with two attached hydrogens (primary N) is 1. The van der Waals surface area contributed by atoms with E-state index >= 15 is 0 Å². The Bertz CT molecular complexity index is 416. The van der Waals surface area contributed by atoms with Gasteiger partial charge in [0.05, 0.1) is 0 Å². The molecule has 4 heteroatoms. The van der Waals surface area contributed by atoms with Gasteiger partial charge in [-0.05, 0) is 43.9 Å². The molecule has 1 unspecified atom stereocenters. The van der Waals surface area contributed by atoms with Crippen molar-refractivity contribution in [3.05, 3.63) is 34.9 Å². The van der Waals surface area contributed by atoms with E-state index in [0.29, 0.717) is 0 Å². The second-order valence-corrected chi connectivity index (χ2v) is 5.29. The molecule has 18 heavy (non-hydrogen) atoms. The summed E-state index contributed by atoms with van der Waals surface area (Å²) < 4.78 is 5.47. The number of esters is 1. The molecule has 0 aromatic heterocycles. The van der Waals surface area contributed by atoms with E-state index in [1.54, 1.807) is 6.92 Å². The van der Waals surface area contributed by atoms with Crippen LogP contribution in [0.1, 0.15) is 37.7 Å². The van der Waals surface area contributed by atoms with Crippen LogP contribution < -0.4 is 5.73 Å². The molecule has 0 aliphatic heterocycles. The van der Waals surface area contributed by atoms with Crippen molar-refractivity contribution in [2.45, 2.75) is 44.2 Å². The summed E-state index contributed by atoms with van der Waals surface area (Å²) in [4.78, 5) is 11.6. The lowest BCUT2D eigenvalue weighted by molar-refractivity contribution is -0.150. The monoisotopic (exact) mass is 267 g/mol. The van der Waals surface area contributed by atoms with E-state index in [4.69, 9.17) is 22.1 Å². The number of carbonyl (C=O) groups is 1. The van der Waals surface area contributed by atoms with E-state index in [1.165, 1.54) is 5.56 Å². The Balaban J connectivity index is 2.07. The standard InChI is InChI=1S/C14H18ClNO2/c1-9(16)14(17)18-13-4-2-3-12(13)10-5-7-11(15)8-6-10/h5-9,12-13H,2-4,16H2,1H3/t9?,12-,13+/m0/s1. The molecule has 0 spiro atoms. The summed E-state index contributed by atoms with van der Waals surface area (Å²) in [5.41, 5.74) is 6.71. The minimum atomic E-state index is -0.559. The lowest BCUT2D eigenvalue weighted by Crippen LogP contribution is -2.33. The van der Waals surface area contributed by atoms with Gasteiger partial charge in [-0.1, -0.05) is 23.7 Å². The van der Waals surface area contributed by atoms with Crippen LogP contribution in [0.3, 0.4) is 0 Å². The Morgan fingerprint density at radius 2 is 2.06 bits per heavy atom. The first-order valence-electron chi connectivity index (χ1n) is 6.29. The van der Waals surface area contributed by atoms with Crippen molar-refractivity contribution in [3.63, 3.8) is 0 Å². The SMILES string of the molecule is CC(N)C(=O)O[C@@H]1CCC[C@H]1c1ccc(Cl)cc1. The van der Waals surface area contributed by atoms with Crippen molar-refractivity contribution in [1.82, 2.24) is 0 Å². The zero-order chi connectivity index (χ0) is 13.1. The highest BCUT2D eigenvalue weighted by atomic mass is 35.5. The molecule has 0 radical (unpaired) electrons. The minimum absolute atomic E-state index is 0.0512. The van der Waals surface area contributed by atoms with Crippen LogP contribution in [0.4, 0.5) is 0 Å². The number of halogens is 1. The molecule has 1 aliphatic rings. The maximum Gasteiger partial charge on any atom is 0.322 e. The van der Waals surface area contributed by atoms with Crippen molar-refractivity contribution in [2.24, 2.45) is 5.73 Å². The van der Waals surface area contributed by atoms with Crippen molar-refractivity contribution in [3.8, 4) is 0 Å². The molecular formula is C14H18ClNO2. The van der Waals surface area contributed by atoms with E-state index in [2.05, 4.69) is 0 Å². The molecule has 3 nitrogen and oxygen atoms in total. The van der Waals surface area contributed by atoms with Gasteiger partial charge in [0.25, 0.3) is 0 Å². The Hall–Kier alpha value is -1.06. The van der Waals surface area contributed by atoms with E-state index in [9.17, 15) is 4.79 Å². The minimum Gasteiger partial charge on any atom is -0.461 e. The van der Waals surface area contributed by atoms with Crippen molar-refractivity contribution >= 4 is 17.6 Å². The first kappa shape index (κ1) is 13.4. The topological polar surface area (TPSA) is 52.3 Å². The summed E-state index contributed by atoms with van der Waals surface area (Å²) in [5.74, 6) is -0.0502. The third-order valence-corrected chi connectivity index (χ3v) is 3.64. The summed E-state index contributed by atoms with van der Waals surface area (Å²) in [7, 11) is 0. The van der Waals surface area contributed by atoms with Crippen LogP contribution in [0.15, 0.2) is 24.3 Å². The van der Waals surface area contributed by atoms with Gasteiger partial charge in [-0.15, -0.1) is 0 Å². The molecule has 1 aromatic carbocycles. The molecular weight excluding hydrogens is 250 g/mol. The fourth-order valence-electron chi connectivity index (χ4n) is 2.41. The van der Waals surface area contributed by atoms with Crippen LogP contribution in [0, 0.1) is 0 Å². The van der Waals surface area contributed by atoms with Gasteiger partial charge < -0.3 is 10.5 Å². The molecule has 1 fully saturated rings. The molecule has 2 N–H and O–H groups in total. The predicted octanol–water partition coefficient (Wildman–Crippen LogP) is 2.87. The quantitative estimate of drug-likeness (QED) is 0.857. The maximum absolute atomic E-state index is 11.6. The Labute approximate surface area is 112 Å². The summed E-state index contributed by atoms with van der Waals surface area (Å²) in [6.07, 6.45) is 2.97. The third kappa shape index (κ3) is 3.03. The predicted molar refractivity (Wildman–Crippen MR) is 71.6 cm³/mol. The molecule has 3 atom stereocenters. The number of carbonyl (C=O) groups excluding carboxylic acids is 1. The third-order valence-electron chi connectivity index (χ3n) is 3.39. The summed E-state index contributed by atoms with van der Waals surface area (Å²) in [5, 5.41) is 0.723. The molecule has 0 bridgehead atoms. The maximum atomic E-state index is 11.6. The fraction of sp³-hybridized carbons (Fsp3) is 0.500. The number of hydrogen-bond acceptors (Lipinski definition) is 3. The van der Waals surface area contributed by atoms with Crippen LogP contribution >= 0.6 is 11.6 Å². The highest BCUT2D eigenvalue weighted by Gasteiger charge is 2.32. The Kier molecular flexibility index (Phi) is 4.25. The average molecular weight is 268 g/mol. The van der Waals surface area contributed by atoms with Crippen molar-refractivity contribution < 1.29 is 9.53 Å². The van der Waals surface area contributed by atoms with E-state index in [0.717, 1.165) is 24.3 Å². The molecule has 98 valence electrons. The van der Waals surface area contributed by atoms with Crippen LogP contribution in [-0.4, -0.2) is 18.1 Å². The van der Waals surface area contributed by atoms with Gasteiger partial charge in [0.2, 0.25) is 0 Å². The Morgan fingerprint density at radius 1 is 1.39 bits per heavy atom. The number of benzene rings is 1. The number of rotatable bonds is 3. The van der Waals surface area contributed by atoms with Gasteiger partial charge >= 0.3 is 5.97 Å². The van der Waals surface area contributed by atoms with Crippen molar-refractivity contribution in [2.75, 3.05) is 0 Å². The van der Waals surface area contributed by atoms with E-state index < -0.39 is 6.04 Å². The molecule has 0 heterocycles. The van der Waals surface area contributed by atoms with Crippen LogP contribution in [0.2, 0.25) is 5.02 Å². The van der Waals surface area contributed by atoms with Gasteiger partial charge in [0.1, 0.15) is 12.1 Å². The first-order valence-corrected chi connectivity index (χ1v) is 6.67. The summed E-state index contributed by atoms with van der Waals surface area (Å²) >= 11 is 5.88. The lowest BCUT2D eigenvalue weighted by atomic mass is 9.96. The van der Waals surface area contributed by atoms with Gasteiger partial charge in [-0.25, -0.2) is 0 Å². The van der Waals surface area contributed by atoms with Crippen LogP contribution in [0.25, 0.3) is 0 Å². The molecule has 0 saturated heterocycles. The van der Waals surface area contributed by atoms with Gasteiger partial charge in [-0.2, -0.15) is 0 Å². The normalized spacial score (nSPS) is 24.8. The number of hydrogen-bond donors (Lipinski definition) is 1. The Morgan fingerprint density at radius 3 is 2.67 bits per heavy atom. The molecule has 0 amide bonds. The largest absolute Gasteiger partial charge is 0.461 e. The van der Waals surface area contributed by atoms with Crippen molar-refractivity contribution in [1.29, 1.82) is 0 Å². The zero-order valence-corrected chi connectivity index (χ0v) is 11.2.